The Morgan fingerprint density at radius 1 is 1.32 bits per heavy atom. The van der Waals surface area contributed by atoms with Crippen molar-refractivity contribution in [3.05, 3.63) is 45.8 Å². The van der Waals surface area contributed by atoms with E-state index >= 15 is 0 Å². The van der Waals surface area contributed by atoms with Gasteiger partial charge in [0.2, 0.25) is 11.1 Å². The van der Waals surface area contributed by atoms with Crippen molar-refractivity contribution in [1.82, 2.24) is 20.2 Å². The number of aryl methyl sites for hydroxylation is 1. The minimum atomic E-state index is -0.387. The zero-order valence-electron chi connectivity index (χ0n) is 15.0. The summed E-state index contributed by atoms with van der Waals surface area (Å²) in [5.74, 6) is -0.506. The lowest BCUT2D eigenvalue weighted by atomic mass is 10.3. The van der Waals surface area contributed by atoms with E-state index in [1.807, 2.05) is 0 Å². The first kappa shape index (κ1) is 20.3. The van der Waals surface area contributed by atoms with Crippen LogP contribution in [0.1, 0.15) is 22.2 Å². The number of ether oxygens (including phenoxy) is 1. The number of hydrogen-bond acceptors (Lipinski definition) is 8. The fraction of sp³-hybridized carbons (Fsp3) is 0.235. The third kappa shape index (κ3) is 4.89. The molecule has 0 aliphatic heterocycles. The van der Waals surface area contributed by atoms with Crippen LogP contribution in [-0.2, 0) is 9.53 Å². The van der Waals surface area contributed by atoms with Crippen molar-refractivity contribution in [3.63, 3.8) is 0 Å². The summed E-state index contributed by atoms with van der Waals surface area (Å²) in [6.07, 6.45) is 0. The second-order valence-corrected chi connectivity index (χ2v) is 7.96. The lowest BCUT2D eigenvalue weighted by Crippen LogP contribution is -2.13. The number of carbonyl (C=O) groups is 2. The van der Waals surface area contributed by atoms with Crippen LogP contribution in [0.3, 0.4) is 0 Å². The van der Waals surface area contributed by atoms with Crippen LogP contribution in [0.5, 0.6) is 0 Å². The number of anilines is 1. The first-order chi connectivity index (χ1) is 13.5. The lowest BCUT2D eigenvalue weighted by Gasteiger charge is -2.04. The second kappa shape index (κ2) is 9.18. The van der Waals surface area contributed by atoms with E-state index in [0.29, 0.717) is 26.7 Å². The molecule has 0 saturated heterocycles. The summed E-state index contributed by atoms with van der Waals surface area (Å²) in [6.45, 7) is 3.85. The molecule has 1 amide bonds. The molecule has 2 heterocycles. The highest BCUT2D eigenvalue weighted by Gasteiger charge is 2.17. The van der Waals surface area contributed by atoms with E-state index in [1.165, 1.54) is 27.8 Å². The third-order valence-electron chi connectivity index (χ3n) is 3.49. The maximum absolute atomic E-state index is 12.3. The molecule has 11 heteroatoms. The zero-order chi connectivity index (χ0) is 20.1. The van der Waals surface area contributed by atoms with Crippen molar-refractivity contribution in [1.29, 1.82) is 0 Å². The quantitative estimate of drug-likeness (QED) is 0.445. The van der Waals surface area contributed by atoms with Crippen molar-refractivity contribution in [3.8, 4) is 5.69 Å². The number of amides is 1. The molecule has 0 radical (unpaired) electrons. The Bertz CT molecular complexity index is 987. The Morgan fingerprint density at radius 2 is 2.07 bits per heavy atom. The first-order valence-electron chi connectivity index (χ1n) is 8.22. The van der Waals surface area contributed by atoms with Gasteiger partial charge in [-0.25, -0.2) is 4.79 Å². The van der Waals surface area contributed by atoms with Gasteiger partial charge in [0.05, 0.1) is 23.0 Å². The Labute approximate surface area is 174 Å². The van der Waals surface area contributed by atoms with Crippen LogP contribution in [0.15, 0.2) is 35.5 Å². The normalized spacial score (nSPS) is 10.7. The van der Waals surface area contributed by atoms with Gasteiger partial charge in [0.1, 0.15) is 4.88 Å². The van der Waals surface area contributed by atoms with Gasteiger partial charge in [0.15, 0.2) is 0 Å². The number of benzene rings is 1. The first-order valence-corrected chi connectivity index (χ1v) is 10.4. The van der Waals surface area contributed by atoms with Crippen molar-refractivity contribution >= 4 is 51.6 Å². The van der Waals surface area contributed by atoms with Crippen LogP contribution < -0.4 is 5.32 Å². The van der Waals surface area contributed by atoms with Gasteiger partial charge >= 0.3 is 5.97 Å². The summed E-state index contributed by atoms with van der Waals surface area (Å²) in [6, 6.07) is 8.79. The molecule has 0 bridgehead atoms. The molecule has 0 atom stereocenters. The predicted molar refractivity (Wildman–Crippen MR) is 109 cm³/mol. The minimum Gasteiger partial charge on any atom is -0.462 e. The number of hydrogen-bond donors (Lipinski definition) is 1. The highest BCUT2D eigenvalue weighted by Crippen LogP contribution is 2.28. The summed E-state index contributed by atoms with van der Waals surface area (Å²) in [5, 5.41) is 16.0. The summed E-state index contributed by atoms with van der Waals surface area (Å²) in [4.78, 5) is 24.6. The number of halogens is 1. The van der Waals surface area contributed by atoms with Crippen molar-refractivity contribution in [2.75, 3.05) is 17.7 Å². The van der Waals surface area contributed by atoms with Crippen molar-refractivity contribution in [2.45, 2.75) is 19.0 Å². The van der Waals surface area contributed by atoms with Gasteiger partial charge in [-0.3, -0.25) is 4.79 Å². The van der Waals surface area contributed by atoms with E-state index in [1.54, 1.807) is 44.2 Å². The average molecular weight is 438 g/mol. The van der Waals surface area contributed by atoms with E-state index in [9.17, 15) is 9.59 Å². The molecule has 0 aliphatic rings. The predicted octanol–water partition coefficient (Wildman–Crippen LogP) is 3.59. The van der Waals surface area contributed by atoms with Gasteiger partial charge in [-0.1, -0.05) is 23.4 Å². The molecule has 0 spiro atoms. The average Bonchev–Trinajstić information content (AvgIpc) is 3.27. The number of thioether (sulfide) groups is 1. The number of tetrazole rings is 1. The maximum atomic E-state index is 12.3. The third-order valence-corrected chi connectivity index (χ3v) is 5.79. The molecule has 0 fully saturated rings. The fourth-order valence-corrected chi connectivity index (χ4v) is 4.06. The van der Waals surface area contributed by atoms with E-state index in [-0.39, 0.29) is 17.6 Å². The molecule has 8 nitrogen and oxygen atoms in total. The van der Waals surface area contributed by atoms with Crippen molar-refractivity contribution in [2.24, 2.45) is 0 Å². The Kier molecular flexibility index (Phi) is 6.65. The second-order valence-electron chi connectivity index (χ2n) is 5.53. The molecule has 2 aromatic heterocycles. The molecule has 3 rings (SSSR count). The largest absolute Gasteiger partial charge is 0.462 e. The molecule has 3 aromatic rings. The van der Waals surface area contributed by atoms with E-state index in [4.69, 9.17) is 16.3 Å². The number of thiophene rings is 1. The van der Waals surface area contributed by atoms with Crippen LogP contribution >= 0.6 is 34.7 Å². The molecular formula is C17H16ClN5O3S2. The zero-order valence-corrected chi connectivity index (χ0v) is 17.4. The molecule has 0 aliphatic carbocycles. The van der Waals surface area contributed by atoms with Crippen LogP contribution in [0, 0.1) is 6.92 Å². The summed E-state index contributed by atoms with van der Waals surface area (Å²) < 4.78 is 6.54. The van der Waals surface area contributed by atoms with Crippen LogP contribution in [0.4, 0.5) is 5.00 Å². The van der Waals surface area contributed by atoms with E-state index in [0.717, 1.165) is 11.3 Å². The van der Waals surface area contributed by atoms with Crippen molar-refractivity contribution < 1.29 is 14.3 Å². The topological polar surface area (TPSA) is 99.0 Å². The lowest BCUT2D eigenvalue weighted by molar-refractivity contribution is -0.113. The van der Waals surface area contributed by atoms with Crippen LogP contribution in [0.2, 0.25) is 5.02 Å². The molecule has 0 unspecified atom stereocenters. The monoisotopic (exact) mass is 437 g/mol. The molecule has 1 aromatic carbocycles. The highest BCUT2D eigenvalue weighted by atomic mass is 35.5. The number of aromatic nitrogens is 4. The summed E-state index contributed by atoms with van der Waals surface area (Å²) in [7, 11) is 0. The Morgan fingerprint density at radius 3 is 2.79 bits per heavy atom. The molecule has 0 saturated carbocycles. The minimum absolute atomic E-state index is 0.111. The Hall–Kier alpha value is -2.43. The summed E-state index contributed by atoms with van der Waals surface area (Å²) >= 11 is 8.28. The standard InChI is InChI=1S/C17H16ClN5O3S2/c1-3-26-16(25)15-10(2)8-14(28-15)19-13(24)9-27-17-20-21-22-23(17)12-6-4-11(18)5-7-12/h4-8H,3,9H2,1-2H3,(H,19,24). The van der Waals surface area contributed by atoms with E-state index < -0.39 is 0 Å². The fourth-order valence-electron chi connectivity index (χ4n) is 2.26. The van der Waals surface area contributed by atoms with Crippen LogP contribution in [-0.4, -0.2) is 44.4 Å². The number of rotatable bonds is 7. The maximum Gasteiger partial charge on any atom is 0.348 e. The SMILES string of the molecule is CCOC(=O)c1sc(NC(=O)CSc2nnnn2-c2ccc(Cl)cc2)cc1C. The molecule has 146 valence electrons. The smallest absolute Gasteiger partial charge is 0.348 e. The van der Waals surface area contributed by atoms with Gasteiger partial charge in [0.25, 0.3) is 0 Å². The van der Waals surface area contributed by atoms with Gasteiger partial charge in [-0.05, 0) is 60.2 Å². The number of carbonyl (C=O) groups excluding carboxylic acids is 2. The van der Waals surface area contributed by atoms with E-state index in [2.05, 4.69) is 20.8 Å². The van der Waals surface area contributed by atoms with Gasteiger partial charge in [-0.2, -0.15) is 4.68 Å². The number of nitrogens with one attached hydrogen (secondary N) is 1. The Balaban J connectivity index is 1.61. The van der Waals surface area contributed by atoms with Gasteiger partial charge in [0, 0.05) is 5.02 Å². The van der Waals surface area contributed by atoms with Gasteiger partial charge in [-0.15, -0.1) is 16.4 Å². The molecule has 28 heavy (non-hydrogen) atoms. The molecule has 1 N–H and O–H groups in total. The highest BCUT2D eigenvalue weighted by molar-refractivity contribution is 7.99. The molecular weight excluding hydrogens is 422 g/mol. The van der Waals surface area contributed by atoms with Gasteiger partial charge < -0.3 is 10.1 Å². The number of esters is 1. The number of nitrogens with zero attached hydrogens (tertiary/aromatic N) is 4. The summed E-state index contributed by atoms with van der Waals surface area (Å²) in [5.41, 5.74) is 1.50. The van der Waals surface area contributed by atoms with Crippen LogP contribution in [0.25, 0.3) is 5.69 Å².